The van der Waals surface area contributed by atoms with Crippen LogP contribution in [0.3, 0.4) is 0 Å². The Morgan fingerprint density at radius 2 is 2.04 bits per heavy atom. The van der Waals surface area contributed by atoms with Crippen molar-refractivity contribution >= 4 is 6.09 Å². The Labute approximate surface area is 141 Å². The van der Waals surface area contributed by atoms with Gasteiger partial charge in [-0.15, -0.1) is 0 Å². The molecule has 0 spiro atoms. The van der Waals surface area contributed by atoms with E-state index in [-0.39, 0.29) is 11.7 Å². The van der Waals surface area contributed by atoms with E-state index in [1.165, 1.54) is 24.3 Å². The monoisotopic (exact) mass is 325 g/mol. The largest absolute Gasteiger partial charge is 0.453 e. The van der Waals surface area contributed by atoms with Gasteiger partial charge in [0.05, 0.1) is 7.11 Å². The van der Waals surface area contributed by atoms with Gasteiger partial charge in [0.1, 0.15) is 5.82 Å². The maximum Gasteiger partial charge on any atom is 0.407 e. The van der Waals surface area contributed by atoms with Crippen LogP contribution in [0.15, 0.2) is 54.6 Å². The van der Waals surface area contributed by atoms with Gasteiger partial charge in [-0.05, 0) is 47.2 Å². The van der Waals surface area contributed by atoms with Crippen LogP contribution >= 0.6 is 0 Å². The molecule has 1 amide bonds. The van der Waals surface area contributed by atoms with Crippen LogP contribution in [0.1, 0.15) is 28.2 Å². The van der Waals surface area contributed by atoms with Crippen LogP contribution in [0.4, 0.5) is 9.18 Å². The first kappa shape index (κ1) is 16.2. The fourth-order valence-electron chi connectivity index (χ4n) is 3.27. The Bertz CT molecular complexity index is 785. The van der Waals surface area contributed by atoms with E-state index in [0.717, 1.165) is 23.1 Å². The van der Waals surface area contributed by atoms with Crippen LogP contribution in [0.25, 0.3) is 0 Å². The molecule has 1 aliphatic carbocycles. The fraction of sp³-hybridized carbons (Fsp3) is 0.250. The first-order valence-corrected chi connectivity index (χ1v) is 7.93. The Morgan fingerprint density at radius 1 is 1.25 bits per heavy atom. The van der Waals surface area contributed by atoms with E-state index in [0.29, 0.717) is 13.0 Å². The molecule has 0 saturated carbocycles. The second kappa shape index (κ2) is 6.87. The molecule has 0 fully saturated rings. The second-order valence-corrected chi connectivity index (χ2v) is 6.05. The minimum Gasteiger partial charge on any atom is -0.453 e. The highest BCUT2D eigenvalue weighted by Crippen LogP contribution is 2.35. The quantitative estimate of drug-likeness (QED) is 0.867. The Kier molecular flexibility index (Phi) is 4.65. The van der Waals surface area contributed by atoms with Crippen LogP contribution in [-0.2, 0) is 17.6 Å². The Balaban J connectivity index is 1.94. The van der Waals surface area contributed by atoms with E-state index < -0.39 is 6.09 Å². The number of hydrogen-bond donors (Lipinski definition) is 1. The maximum atomic E-state index is 13.7. The van der Waals surface area contributed by atoms with Crippen LogP contribution in [-0.4, -0.2) is 19.7 Å². The molecule has 2 aromatic carbocycles. The molecule has 1 aliphatic rings. The number of benzene rings is 2. The van der Waals surface area contributed by atoms with Crippen LogP contribution in [0.5, 0.6) is 0 Å². The first-order valence-electron chi connectivity index (χ1n) is 7.93. The van der Waals surface area contributed by atoms with Crippen molar-refractivity contribution in [3.8, 4) is 0 Å². The van der Waals surface area contributed by atoms with Gasteiger partial charge in [0.25, 0.3) is 0 Å². The van der Waals surface area contributed by atoms with Gasteiger partial charge in [-0.3, -0.25) is 0 Å². The summed E-state index contributed by atoms with van der Waals surface area (Å²) < 4.78 is 18.3. The van der Waals surface area contributed by atoms with Crippen LogP contribution in [0, 0.1) is 5.82 Å². The molecule has 24 heavy (non-hydrogen) atoms. The highest BCUT2D eigenvalue weighted by Gasteiger charge is 2.24. The Hall–Kier alpha value is -2.62. The lowest BCUT2D eigenvalue weighted by Gasteiger charge is -2.21. The topological polar surface area (TPSA) is 38.3 Å². The van der Waals surface area contributed by atoms with Crippen molar-refractivity contribution in [1.29, 1.82) is 0 Å². The van der Waals surface area contributed by atoms with Crippen LogP contribution in [0.2, 0.25) is 0 Å². The van der Waals surface area contributed by atoms with E-state index in [1.807, 2.05) is 18.2 Å². The number of amides is 1. The number of methoxy groups -OCH3 is 1. The molecule has 0 heterocycles. The zero-order valence-electron chi connectivity index (χ0n) is 13.6. The number of carbonyl (C=O) groups excluding carboxylic acids is 1. The van der Waals surface area contributed by atoms with Crippen molar-refractivity contribution < 1.29 is 13.9 Å². The maximum absolute atomic E-state index is 13.7. The molecule has 2 aromatic rings. The molecule has 0 radical (unpaired) electrons. The predicted molar refractivity (Wildman–Crippen MR) is 91.6 cm³/mol. The standard InChI is InChI=1S/C20H20FNO2/c1-13(12-22-20(23)24-2)19-11-16-10-17(21)8-7-14(16)9-15-5-3-4-6-18(15)19/h3-8,10,19H,1,9,11-12H2,2H3,(H,22,23). The minimum absolute atomic E-state index is 0.0291. The number of hydrogen-bond acceptors (Lipinski definition) is 2. The van der Waals surface area contributed by atoms with Crippen molar-refractivity contribution in [2.24, 2.45) is 0 Å². The summed E-state index contributed by atoms with van der Waals surface area (Å²) in [7, 11) is 1.33. The molecule has 1 N–H and O–H groups in total. The van der Waals surface area contributed by atoms with Crippen molar-refractivity contribution in [3.63, 3.8) is 0 Å². The second-order valence-electron chi connectivity index (χ2n) is 6.05. The summed E-state index contributed by atoms with van der Waals surface area (Å²) in [5, 5.41) is 2.68. The van der Waals surface area contributed by atoms with E-state index in [1.54, 1.807) is 6.07 Å². The van der Waals surface area contributed by atoms with Gasteiger partial charge < -0.3 is 10.1 Å². The number of ether oxygens (including phenoxy) is 1. The van der Waals surface area contributed by atoms with Crippen molar-refractivity contribution in [1.82, 2.24) is 5.32 Å². The summed E-state index contributed by atoms with van der Waals surface area (Å²) in [6.07, 6.45) is 0.968. The molecule has 0 saturated heterocycles. The minimum atomic E-state index is -0.482. The van der Waals surface area contributed by atoms with E-state index in [2.05, 4.69) is 28.8 Å². The molecular formula is C20H20FNO2. The molecule has 3 rings (SSSR count). The predicted octanol–water partition coefficient (Wildman–Crippen LogP) is 3.97. The third kappa shape index (κ3) is 3.32. The van der Waals surface area contributed by atoms with Gasteiger partial charge in [-0.2, -0.15) is 0 Å². The number of nitrogens with one attached hydrogen (secondary N) is 1. The molecule has 0 aromatic heterocycles. The SMILES string of the molecule is C=C(CNC(=O)OC)C1Cc2cc(F)ccc2Cc2ccccc21. The molecule has 124 valence electrons. The molecule has 4 heteroatoms. The van der Waals surface area contributed by atoms with Crippen LogP contribution < -0.4 is 5.32 Å². The third-order valence-electron chi connectivity index (χ3n) is 4.54. The van der Waals surface area contributed by atoms with Crippen molar-refractivity contribution in [2.45, 2.75) is 18.8 Å². The van der Waals surface area contributed by atoms with Crippen molar-refractivity contribution in [3.05, 3.63) is 82.7 Å². The summed E-state index contributed by atoms with van der Waals surface area (Å²) in [5.74, 6) is -0.196. The van der Waals surface area contributed by atoms with E-state index in [4.69, 9.17) is 0 Å². The Morgan fingerprint density at radius 3 is 2.83 bits per heavy atom. The zero-order chi connectivity index (χ0) is 17.1. The van der Waals surface area contributed by atoms with Gasteiger partial charge in [-0.1, -0.05) is 42.5 Å². The summed E-state index contributed by atoms with van der Waals surface area (Å²) in [6.45, 7) is 4.49. The highest BCUT2D eigenvalue weighted by atomic mass is 19.1. The smallest absolute Gasteiger partial charge is 0.407 e. The molecular weight excluding hydrogens is 305 g/mol. The molecule has 0 bridgehead atoms. The van der Waals surface area contributed by atoms with Gasteiger partial charge in [0, 0.05) is 12.5 Å². The summed E-state index contributed by atoms with van der Waals surface area (Å²) in [5.41, 5.74) is 5.42. The normalized spacial score (nSPS) is 15.7. The van der Waals surface area contributed by atoms with Gasteiger partial charge in [0.15, 0.2) is 0 Å². The lowest BCUT2D eigenvalue weighted by atomic mass is 9.86. The summed E-state index contributed by atoms with van der Waals surface area (Å²) in [4.78, 5) is 11.3. The van der Waals surface area contributed by atoms with Gasteiger partial charge in [0.2, 0.25) is 0 Å². The third-order valence-corrected chi connectivity index (χ3v) is 4.54. The van der Waals surface area contributed by atoms with E-state index in [9.17, 15) is 9.18 Å². The molecule has 1 atom stereocenters. The lowest BCUT2D eigenvalue weighted by Crippen LogP contribution is -2.27. The van der Waals surface area contributed by atoms with E-state index >= 15 is 0 Å². The molecule has 0 aliphatic heterocycles. The number of alkyl carbamates (subject to hydrolysis) is 1. The average Bonchev–Trinajstić information content (AvgIpc) is 2.75. The zero-order valence-corrected chi connectivity index (χ0v) is 13.6. The van der Waals surface area contributed by atoms with Gasteiger partial charge in [-0.25, -0.2) is 9.18 Å². The molecule has 1 unspecified atom stereocenters. The lowest BCUT2D eigenvalue weighted by molar-refractivity contribution is 0.172. The fourth-order valence-corrected chi connectivity index (χ4v) is 3.27. The number of rotatable bonds is 3. The number of halogens is 1. The first-order chi connectivity index (χ1) is 11.6. The summed E-state index contributed by atoms with van der Waals surface area (Å²) >= 11 is 0. The highest BCUT2D eigenvalue weighted by molar-refractivity contribution is 5.67. The average molecular weight is 325 g/mol. The number of fused-ring (bicyclic) bond motifs is 2. The van der Waals surface area contributed by atoms with Crippen molar-refractivity contribution in [2.75, 3.05) is 13.7 Å². The van der Waals surface area contributed by atoms with Gasteiger partial charge >= 0.3 is 6.09 Å². The summed E-state index contributed by atoms with van der Waals surface area (Å²) in [6, 6.07) is 13.2. The molecule has 3 nitrogen and oxygen atoms in total. The number of carbonyl (C=O) groups is 1.